The highest BCUT2D eigenvalue weighted by Crippen LogP contribution is 2.27. The summed E-state index contributed by atoms with van der Waals surface area (Å²) in [5.41, 5.74) is 2.34. The van der Waals surface area contributed by atoms with Crippen LogP contribution in [0.25, 0.3) is 0 Å². The molecule has 0 spiro atoms. The Morgan fingerprint density at radius 2 is 2.04 bits per heavy atom. The van der Waals surface area contributed by atoms with Gasteiger partial charge >= 0.3 is 0 Å². The lowest BCUT2D eigenvalue weighted by molar-refractivity contribution is -0.118. The van der Waals surface area contributed by atoms with Gasteiger partial charge in [0.1, 0.15) is 11.8 Å². The van der Waals surface area contributed by atoms with Crippen LogP contribution < -0.4 is 16.0 Å². The number of carbonyl (C=O) groups is 1. The molecule has 0 radical (unpaired) electrons. The second-order valence-electron chi connectivity index (χ2n) is 5.25. The molecular weight excluding hydrogens is 310 g/mol. The summed E-state index contributed by atoms with van der Waals surface area (Å²) in [4.78, 5) is 12.7. The topological polar surface area (TPSA) is 66.3 Å². The van der Waals surface area contributed by atoms with Crippen molar-refractivity contribution < 1.29 is 9.21 Å². The number of allylic oxidation sites excluding steroid dienone is 1. The van der Waals surface area contributed by atoms with Crippen molar-refractivity contribution >= 4 is 23.2 Å². The first-order valence-corrected chi connectivity index (χ1v) is 7.70. The van der Waals surface area contributed by atoms with Crippen LogP contribution in [0.3, 0.4) is 0 Å². The van der Waals surface area contributed by atoms with E-state index >= 15 is 0 Å². The Hall–Kier alpha value is -2.60. The maximum Gasteiger partial charge on any atom is 0.251 e. The normalized spacial score (nSPS) is 17.4. The van der Waals surface area contributed by atoms with Crippen molar-refractivity contribution in [2.45, 2.75) is 19.5 Å². The Morgan fingerprint density at radius 3 is 2.74 bits per heavy atom. The van der Waals surface area contributed by atoms with E-state index in [0.717, 1.165) is 11.3 Å². The molecule has 3 rings (SSSR count). The minimum Gasteiger partial charge on any atom is -0.467 e. The van der Waals surface area contributed by atoms with E-state index < -0.39 is 6.04 Å². The molecule has 5 nitrogen and oxygen atoms in total. The quantitative estimate of drug-likeness (QED) is 0.753. The Kier molecular flexibility index (Phi) is 4.43. The molecule has 6 heteroatoms. The van der Waals surface area contributed by atoms with Crippen molar-refractivity contribution in [3.8, 4) is 0 Å². The fourth-order valence-corrected chi connectivity index (χ4v) is 2.81. The van der Waals surface area contributed by atoms with E-state index in [0.29, 0.717) is 23.0 Å². The van der Waals surface area contributed by atoms with E-state index in [1.165, 1.54) is 0 Å². The summed E-state index contributed by atoms with van der Waals surface area (Å²) >= 11 is 5.18. The lowest BCUT2D eigenvalue weighted by Crippen LogP contribution is -2.46. The number of hydrogen-bond donors (Lipinski definition) is 3. The second kappa shape index (κ2) is 6.66. The molecule has 1 aromatic heterocycles. The predicted octanol–water partition coefficient (Wildman–Crippen LogP) is 2.39. The van der Waals surface area contributed by atoms with E-state index in [-0.39, 0.29) is 5.91 Å². The fourth-order valence-electron chi connectivity index (χ4n) is 2.54. The van der Waals surface area contributed by atoms with Gasteiger partial charge in [-0.1, -0.05) is 30.3 Å². The summed E-state index contributed by atoms with van der Waals surface area (Å²) in [6.45, 7) is 2.30. The van der Waals surface area contributed by atoms with Gasteiger partial charge in [-0.15, -0.1) is 0 Å². The van der Waals surface area contributed by atoms with Gasteiger partial charge in [-0.3, -0.25) is 4.79 Å². The second-order valence-corrected chi connectivity index (χ2v) is 5.66. The molecule has 2 heterocycles. The lowest BCUT2D eigenvalue weighted by Gasteiger charge is -2.28. The molecule has 1 atom stereocenters. The Bertz CT molecular complexity index is 738. The summed E-state index contributed by atoms with van der Waals surface area (Å²) in [5.74, 6) is 0.494. The van der Waals surface area contributed by atoms with Crippen molar-refractivity contribution in [1.29, 1.82) is 0 Å². The Labute approximate surface area is 139 Å². The molecule has 0 unspecified atom stereocenters. The molecule has 1 aliphatic rings. The molecule has 0 saturated heterocycles. The molecule has 3 N–H and O–H groups in total. The molecule has 0 bridgehead atoms. The first-order chi connectivity index (χ1) is 11.1. The average molecular weight is 327 g/mol. The maximum absolute atomic E-state index is 12.7. The van der Waals surface area contributed by atoms with Gasteiger partial charge in [-0.2, -0.15) is 0 Å². The third kappa shape index (κ3) is 3.43. The van der Waals surface area contributed by atoms with E-state index in [1.807, 2.05) is 43.3 Å². The number of hydrogen-bond acceptors (Lipinski definition) is 3. The number of amides is 1. The summed E-state index contributed by atoms with van der Waals surface area (Å²) in [5, 5.41) is 9.50. The highest BCUT2D eigenvalue weighted by molar-refractivity contribution is 7.80. The van der Waals surface area contributed by atoms with E-state index in [9.17, 15) is 4.79 Å². The minimum absolute atomic E-state index is 0.157. The number of nitrogens with one attached hydrogen (secondary N) is 3. The molecule has 0 saturated carbocycles. The van der Waals surface area contributed by atoms with Crippen LogP contribution >= 0.6 is 12.2 Å². The first-order valence-electron chi connectivity index (χ1n) is 7.29. The molecular formula is C17H17N3O2S. The first kappa shape index (κ1) is 15.3. The number of benzene rings is 1. The molecule has 23 heavy (non-hydrogen) atoms. The molecule has 2 aromatic rings. The largest absolute Gasteiger partial charge is 0.467 e. The zero-order chi connectivity index (χ0) is 16.2. The zero-order valence-corrected chi connectivity index (χ0v) is 13.4. The van der Waals surface area contributed by atoms with Crippen molar-refractivity contribution in [2.24, 2.45) is 0 Å². The third-order valence-electron chi connectivity index (χ3n) is 3.64. The van der Waals surface area contributed by atoms with Gasteiger partial charge in [-0.05, 0) is 36.8 Å². The predicted molar refractivity (Wildman–Crippen MR) is 91.3 cm³/mol. The fraction of sp³-hybridized carbons (Fsp3) is 0.176. The van der Waals surface area contributed by atoms with Gasteiger partial charge in [0.25, 0.3) is 5.91 Å². The standard InChI is InChI=1S/C17H17N3O2S/c1-11-14(16(21)18-10-12-6-3-2-4-7-12)15(20-17(23)19-11)13-8-5-9-22-13/h2-9,15H,10H2,1H3,(H,18,21)(H2,19,20,23)/t15-/m0/s1. The Morgan fingerprint density at radius 1 is 1.26 bits per heavy atom. The van der Waals surface area contributed by atoms with E-state index in [4.69, 9.17) is 16.6 Å². The van der Waals surface area contributed by atoms with E-state index in [2.05, 4.69) is 16.0 Å². The van der Waals surface area contributed by atoms with Crippen LogP contribution in [0.4, 0.5) is 0 Å². The lowest BCUT2D eigenvalue weighted by atomic mass is 10.00. The van der Waals surface area contributed by atoms with Crippen molar-refractivity contribution in [1.82, 2.24) is 16.0 Å². The van der Waals surface area contributed by atoms with Crippen LogP contribution in [0.1, 0.15) is 24.3 Å². The van der Waals surface area contributed by atoms with E-state index in [1.54, 1.807) is 12.3 Å². The summed E-state index contributed by atoms with van der Waals surface area (Å²) < 4.78 is 5.45. The van der Waals surface area contributed by atoms with Crippen LogP contribution in [0, 0.1) is 0 Å². The summed E-state index contributed by atoms with van der Waals surface area (Å²) in [7, 11) is 0. The average Bonchev–Trinajstić information content (AvgIpc) is 3.07. The summed E-state index contributed by atoms with van der Waals surface area (Å²) in [6.07, 6.45) is 1.58. The zero-order valence-electron chi connectivity index (χ0n) is 12.6. The van der Waals surface area contributed by atoms with Crippen LogP contribution in [-0.2, 0) is 11.3 Å². The van der Waals surface area contributed by atoms with Crippen molar-refractivity contribution in [3.63, 3.8) is 0 Å². The van der Waals surface area contributed by atoms with Gasteiger partial charge in [0.15, 0.2) is 5.11 Å². The molecule has 1 aliphatic heterocycles. The van der Waals surface area contributed by atoms with Gasteiger partial charge in [0, 0.05) is 12.2 Å². The van der Waals surface area contributed by atoms with Crippen LogP contribution in [0.15, 0.2) is 64.4 Å². The van der Waals surface area contributed by atoms with Gasteiger partial charge in [0.05, 0.1) is 11.8 Å². The smallest absolute Gasteiger partial charge is 0.251 e. The third-order valence-corrected chi connectivity index (χ3v) is 3.86. The molecule has 1 aromatic carbocycles. The molecule has 118 valence electrons. The van der Waals surface area contributed by atoms with Crippen LogP contribution in [0.2, 0.25) is 0 Å². The highest BCUT2D eigenvalue weighted by atomic mass is 32.1. The Balaban J connectivity index is 1.81. The monoisotopic (exact) mass is 327 g/mol. The minimum atomic E-state index is -0.394. The van der Waals surface area contributed by atoms with Crippen molar-refractivity contribution in [3.05, 3.63) is 71.3 Å². The van der Waals surface area contributed by atoms with Gasteiger partial charge < -0.3 is 20.4 Å². The number of thiocarbonyl (C=S) groups is 1. The van der Waals surface area contributed by atoms with Crippen LogP contribution in [0.5, 0.6) is 0 Å². The van der Waals surface area contributed by atoms with Crippen molar-refractivity contribution in [2.75, 3.05) is 0 Å². The number of carbonyl (C=O) groups excluding carboxylic acids is 1. The number of rotatable bonds is 4. The SMILES string of the molecule is CC1=C(C(=O)NCc2ccccc2)[C@H](c2ccco2)NC(=S)N1. The maximum atomic E-state index is 12.7. The summed E-state index contributed by atoms with van der Waals surface area (Å²) in [6, 6.07) is 13.0. The highest BCUT2D eigenvalue weighted by Gasteiger charge is 2.31. The van der Waals surface area contributed by atoms with Crippen LogP contribution in [-0.4, -0.2) is 11.0 Å². The number of furan rings is 1. The van der Waals surface area contributed by atoms with Gasteiger partial charge in [-0.25, -0.2) is 0 Å². The molecule has 0 aliphatic carbocycles. The molecule has 1 amide bonds. The van der Waals surface area contributed by atoms with Gasteiger partial charge in [0.2, 0.25) is 0 Å². The molecule has 0 fully saturated rings.